The van der Waals surface area contributed by atoms with Crippen molar-refractivity contribution in [3.63, 3.8) is 0 Å². The molecule has 4 fully saturated rings. The molecule has 3 aliphatic heterocycles. The Kier molecular flexibility index (Phi) is 4.93. The lowest BCUT2D eigenvalue weighted by Gasteiger charge is -2.46. The Hall–Kier alpha value is -0.910. The molecule has 152 valence electrons. The molecule has 1 N–H and O–H groups in total. The summed E-state index contributed by atoms with van der Waals surface area (Å²) in [7, 11) is 0. The third-order valence-corrected chi connectivity index (χ3v) is 7.78. The molecule has 0 aromatic rings. The Bertz CT molecular complexity index is 618. The van der Waals surface area contributed by atoms with Crippen molar-refractivity contribution in [2.24, 2.45) is 29.6 Å². The summed E-state index contributed by atoms with van der Waals surface area (Å²) in [5.74, 6) is 1.47. The van der Waals surface area contributed by atoms with Crippen LogP contribution in [0.2, 0.25) is 0 Å². The summed E-state index contributed by atoms with van der Waals surface area (Å²) in [6.45, 7) is 13.0. The van der Waals surface area contributed by atoms with Gasteiger partial charge >= 0.3 is 5.97 Å². The largest absolute Gasteiger partial charge is 0.462 e. The van der Waals surface area contributed by atoms with Crippen LogP contribution in [0.25, 0.3) is 0 Å². The van der Waals surface area contributed by atoms with Gasteiger partial charge in [0, 0.05) is 12.8 Å². The highest BCUT2D eigenvalue weighted by Gasteiger charge is 2.63. The Labute approximate surface area is 162 Å². The SMILES string of the molecule is C=C1C[C@@H]2O[C@H]3[C@H]4C(C[C@@H](C)[C@@H](OC(C)=O)[C@H]42)[C@@H](C)CO[C@@]3(C)CC[C@H]1O. The lowest BCUT2D eigenvalue weighted by molar-refractivity contribution is -0.160. The number of aliphatic hydroxyl groups is 1. The van der Waals surface area contributed by atoms with Crippen molar-refractivity contribution in [2.45, 2.75) is 83.4 Å². The van der Waals surface area contributed by atoms with Gasteiger partial charge in [-0.25, -0.2) is 0 Å². The molecule has 3 saturated heterocycles. The van der Waals surface area contributed by atoms with Crippen molar-refractivity contribution >= 4 is 5.97 Å². The number of fused-ring (bicyclic) bond motifs is 2. The lowest BCUT2D eigenvalue weighted by Crippen LogP contribution is -2.52. The van der Waals surface area contributed by atoms with Gasteiger partial charge < -0.3 is 19.3 Å². The first-order chi connectivity index (χ1) is 12.7. The quantitative estimate of drug-likeness (QED) is 0.561. The molecule has 0 aromatic carbocycles. The molecule has 4 rings (SSSR count). The second-order valence-electron chi connectivity index (χ2n) is 9.72. The summed E-state index contributed by atoms with van der Waals surface area (Å²) in [6, 6.07) is 0. The van der Waals surface area contributed by atoms with E-state index in [4.69, 9.17) is 14.2 Å². The maximum atomic E-state index is 11.9. The number of rotatable bonds is 1. The molecule has 0 radical (unpaired) electrons. The molecule has 3 heterocycles. The fraction of sp³-hybridized carbons (Fsp3) is 0.864. The monoisotopic (exact) mass is 378 g/mol. The zero-order valence-corrected chi connectivity index (χ0v) is 17.0. The van der Waals surface area contributed by atoms with Crippen molar-refractivity contribution in [3.8, 4) is 0 Å². The van der Waals surface area contributed by atoms with Gasteiger partial charge in [-0.3, -0.25) is 4.79 Å². The van der Waals surface area contributed by atoms with Crippen LogP contribution < -0.4 is 0 Å². The number of carbonyl (C=O) groups excluding carboxylic acids is 1. The second kappa shape index (κ2) is 6.85. The molecule has 10 atom stereocenters. The minimum atomic E-state index is -0.531. The van der Waals surface area contributed by atoms with Crippen LogP contribution in [0.3, 0.4) is 0 Å². The van der Waals surface area contributed by atoms with Gasteiger partial charge in [0.25, 0.3) is 0 Å². The standard InChI is InChI=1S/C22H34O5/c1-11-9-17-19-18-15(8-12(2)20(19)26-14(4)23)13(3)10-25-22(5,21(18)27-17)7-6-16(11)24/h12-13,15-21,24H,1,6-10H2,2-5H3/t12-,13+,15?,16-,17+,18+,19+,20-,21+,22+/m1/s1. The smallest absolute Gasteiger partial charge is 0.302 e. The van der Waals surface area contributed by atoms with E-state index in [-0.39, 0.29) is 36.1 Å². The van der Waals surface area contributed by atoms with Crippen LogP contribution in [-0.2, 0) is 19.0 Å². The van der Waals surface area contributed by atoms with E-state index in [9.17, 15) is 9.90 Å². The first-order valence-corrected chi connectivity index (χ1v) is 10.5. The van der Waals surface area contributed by atoms with Gasteiger partial charge in [-0.05, 0) is 61.9 Å². The maximum Gasteiger partial charge on any atom is 0.302 e. The summed E-state index contributed by atoms with van der Waals surface area (Å²) in [6.07, 6.45) is 2.29. The van der Waals surface area contributed by atoms with Gasteiger partial charge in [0.15, 0.2) is 0 Å². The highest BCUT2D eigenvalue weighted by atomic mass is 16.6. The number of esters is 1. The molecule has 0 aromatic heterocycles. The molecule has 0 amide bonds. The van der Waals surface area contributed by atoms with Crippen LogP contribution in [0.1, 0.15) is 53.4 Å². The normalized spacial score (nSPS) is 52.3. The van der Waals surface area contributed by atoms with Crippen LogP contribution >= 0.6 is 0 Å². The van der Waals surface area contributed by atoms with Crippen LogP contribution in [0.5, 0.6) is 0 Å². The van der Waals surface area contributed by atoms with Gasteiger partial charge in [0.1, 0.15) is 6.10 Å². The summed E-state index contributed by atoms with van der Waals surface area (Å²) in [4.78, 5) is 11.9. The molecule has 5 heteroatoms. The fourth-order valence-corrected chi connectivity index (χ4v) is 6.36. The third kappa shape index (κ3) is 3.16. The number of ether oxygens (including phenoxy) is 3. The summed E-state index contributed by atoms with van der Waals surface area (Å²) < 4.78 is 19.0. The first kappa shape index (κ1) is 19.4. The number of aliphatic hydroxyl groups excluding tert-OH is 1. The van der Waals surface area contributed by atoms with Crippen LogP contribution in [0.15, 0.2) is 12.2 Å². The van der Waals surface area contributed by atoms with Gasteiger partial charge in [-0.2, -0.15) is 0 Å². The first-order valence-electron chi connectivity index (χ1n) is 10.5. The predicted molar refractivity (Wildman–Crippen MR) is 101 cm³/mol. The number of hydrogen-bond acceptors (Lipinski definition) is 5. The van der Waals surface area contributed by atoms with E-state index >= 15 is 0 Å². The predicted octanol–water partition coefficient (Wildman–Crippen LogP) is 3.10. The maximum absolute atomic E-state index is 11.9. The summed E-state index contributed by atoms with van der Waals surface area (Å²) in [5, 5.41) is 10.6. The van der Waals surface area contributed by atoms with Crippen molar-refractivity contribution in [1.29, 1.82) is 0 Å². The molecule has 4 aliphatic rings. The van der Waals surface area contributed by atoms with Gasteiger partial charge in [0.05, 0.1) is 30.5 Å². The Morgan fingerprint density at radius 3 is 2.74 bits per heavy atom. The van der Waals surface area contributed by atoms with Crippen LogP contribution in [0, 0.1) is 29.6 Å². The van der Waals surface area contributed by atoms with E-state index in [1.807, 2.05) is 0 Å². The summed E-state index contributed by atoms with van der Waals surface area (Å²) >= 11 is 0. The van der Waals surface area contributed by atoms with Crippen molar-refractivity contribution in [2.75, 3.05) is 6.61 Å². The van der Waals surface area contributed by atoms with Crippen LogP contribution in [0.4, 0.5) is 0 Å². The highest BCUT2D eigenvalue weighted by Crippen LogP contribution is 2.57. The highest BCUT2D eigenvalue weighted by molar-refractivity contribution is 5.66. The van der Waals surface area contributed by atoms with E-state index < -0.39 is 11.7 Å². The van der Waals surface area contributed by atoms with E-state index in [2.05, 4.69) is 27.4 Å². The summed E-state index contributed by atoms with van der Waals surface area (Å²) in [5.41, 5.74) is 0.403. The minimum Gasteiger partial charge on any atom is -0.462 e. The minimum absolute atomic E-state index is 0.0221. The van der Waals surface area contributed by atoms with E-state index in [1.54, 1.807) is 0 Å². The molecular weight excluding hydrogens is 344 g/mol. The van der Waals surface area contributed by atoms with E-state index in [0.717, 1.165) is 25.0 Å². The molecule has 27 heavy (non-hydrogen) atoms. The average Bonchev–Trinajstić information content (AvgIpc) is 2.95. The van der Waals surface area contributed by atoms with Crippen molar-refractivity contribution < 1.29 is 24.1 Å². The topological polar surface area (TPSA) is 65.0 Å². The van der Waals surface area contributed by atoms with E-state index in [1.165, 1.54) is 6.92 Å². The van der Waals surface area contributed by atoms with E-state index in [0.29, 0.717) is 30.6 Å². The molecular formula is C22H34O5. The van der Waals surface area contributed by atoms with Crippen molar-refractivity contribution in [1.82, 2.24) is 0 Å². The second-order valence-corrected chi connectivity index (χ2v) is 9.72. The van der Waals surface area contributed by atoms with Gasteiger partial charge in [-0.1, -0.05) is 20.4 Å². The lowest BCUT2D eigenvalue weighted by atomic mass is 9.59. The van der Waals surface area contributed by atoms with Gasteiger partial charge in [-0.15, -0.1) is 0 Å². The van der Waals surface area contributed by atoms with Crippen molar-refractivity contribution in [3.05, 3.63) is 12.2 Å². The molecule has 2 bridgehead atoms. The van der Waals surface area contributed by atoms with Gasteiger partial charge in [0.2, 0.25) is 0 Å². The van der Waals surface area contributed by atoms with Crippen LogP contribution in [-0.4, -0.2) is 47.7 Å². The average molecular weight is 379 g/mol. The molecule has 1 aliphatic carbocycles. The third-order valence-electron chi connectivity index (χ3n) is 7.78. The Balaban J connectivity index is 1.79. The fourth-order valence-electron chi connectivity index (χ4n) is 6.36. The number of hydrogen-bond donors (Lipinski definition) is 1. The Morgan fingerprint density at radius 1 is 1.30 bits per heavy atom. The molecule has 0 spiro atoms. The molecule has 1 unspecified atom stereocenters. The number of carbonyl (C=O) groups is 1. The molecule has 5 nitrogen and oxygen atoms in total. The zero-order valence-electron chi connectivity index (χ0n) is 17.0. The zero-order chi connectivity index (χ0) is 19.5. The molecule has 1 saturated carbocycles. The Morgan fingerprint density at radius 2 is 2.04 bits per heavy atom.